The largest absolute Gasteiger partial charge is 0.293 e. The average Bonchev–Trinajstić information content (AvgIpc) is 2.53. The Balaban J connectivity index is 2.31. The van der Waals surface area contributed by atoms with E-state index in [4.69, 9.17) is 5.53 Å². The van der Waals surface area contributed by atoms with Crippen LogP contribution in [0.25, 0.3) is 10.4 Å². The van der Waals surface area contributed by atoms with Crippen molar-refractivity contribution in [2.24, 2.45) is 5.11 Å². The highest BCUT2D eigenvalue weighted by atomic mass is 79.9. The number of carbonyl (C=O) groups excluding carboxylic acids is 1. The van der Waals surface area contributed by atoms with Gasteiger partial charge < -0.3 is 0 Å². The van der Waals surface area contributed by atoms with Crippen molar-refractivity contribution >= 4 is 21.7 Å². The maximum absolute atomic E-state index is 12.4. The molecule has 0 saturated heterocycles. The first kappa shape index (κ1) is 14.3. The first-order chi connectivity index (χ1) is 9.74. The zero-order chi connectivity index (χ0) is 14.4. The second-order valence-corrected chi connectivity index (χ2v) is 5.18. The molecule has 0 aliphatic carbocycles. The van der Waals surface area contributed by atoms with Gasteiger partial charge in [-0.15, -0.1) is 0 Å². The fraction of sp³-hybridized carbons (Fsp3) is 0.133. The number of nitrogens with zero attached hydrogens (tertiary/aromatic N) is 3. The fourth-order valence-electron chi connectivity index (χ4n) is 1.91. The van der Waals surface area contributed by atoms with Crippen molar-refractivity contribution in [1.82, 2.24) is 0 Å². The molecule has 0 N–H and O–H groups in total. The summed E-state index contributed by atoms with van der Waals surface area (Å²) in [6, 6.07) is 17.6. The lowest BCUT2D eigenvalue weighted by Crippen LogP contribution is -2.21. The van der Waals surface area contributed by atoms with E-state index in [1.807, 2.05) is 36.4 Å². The SMILES string of the molecule is [N-]=[N+]=NC(c1ccccc1)C(Br)C(=O)c1ccccc1. The van der Waals surface area contributed by atoms with Crippen LogP contribution in [0.1, 0.15) is 22.0 Å². The number of ketones is 1. The number of alkyl halides is 1. The minimum atomic E-state index is -0.594. The molecule has 0 bridgehead atoms. The molecule has 0 saturated carbocycles. The van der Waals surface area contributed by atoms with Crippen molar-refractivity contribution in [3.05, 3.63) is 82.2 Å². The molecular weight excluding hydrogens is 318 g/mol. The minimum Gasteiger partial charge on any atom is -0.293 e. The summed E-state index contributed by atoms with van der Waals surface area (Å²) in [5, 5.41) is 3.75. The predicted octanol–water partition coefficient (Wildman–Crippen LogP) is 4.68. The molecule has 0 fully saturated rings. The summed E-state index contributed by atoms with van der Waals surface area (Å²) in [5.41, 5.74) is 10.1. The topological polar surface area (TPSA) is 65.8 Å². The van der Waals surface area contributed by atoms with Crippen molar-refractivity contribution in [3.63, 3.8) is 0 Å². The molecule has 0 radical (unpaired) electrons. The number of hydrogen-bond acceptors (Lipinski definition) is 2. The van der Waals surface area contributed by atoms with E-state index in [-0.39, 0.29) is 5.78 Å². The number of carbonyl (C=O) groups is 1. The Kier molecular flexibility index (Phi) is 4.93. The molecule has 0 amide bonds. The van der Waals surface area contributed by atoms with Gasteiger partial charge in [0, 0.05) is 10.5 Å². The number of hydrogen-bond donors (Lipinski definition) is 0. The summed E-state index contributed by atoms with van der Waals surface area (Å²) in [5.74, 6) is -0.105. The zero-order valence-electron chi connectivity index (χ0n) is 10.6. The van der Waals surface area contributed by atoms with Crippen molar-refractivity contribution in [1.29, 1.82) is 0 Å². The number of halogens is 1. The third-order valence-electron chi connectivity index (χ3n) is 2.90. The summed E-state index contributed by atoms with van der Waals surface area (Å²) in [7, 11) is 0. The summed E-state index contributed by atoms with van der Waals surface area (Å²) in [6.07, 6.45) is 0. The van der Waals surface area contributed by atoms with E-state index in [9.17, 15) is 4.79 Å². The number of Topliss-reactive ketones (excluding diaryl/α,β-unsaturated/α-hetero) is 1. The Bertz CT molecular complexity index is 624. The molecule has 2 rings (SSSR count). The molecule has 100 valence electrons. The Morgan fingerprint density at radius 3 is 2.15 bits per heavy atom. The van der Waals surface area contributed by atoms with Crippen LogP contribution in [0.5, 0.6) is 0 Å². The normalized spacial score (nSPS) is 13.1. The number of azide groups is 1. The van der Waals surface area contributed by atoms with E-state index in [1.165, 1.54) is 0 Å². The molecule has 0 spiro atoms. The van der Waals surface area contributed by atoms with Crippen molar-refractivity contribution in [3.8, 4) is 0 Å². The molecule has 5 heteroatoms. The Labute approximate surface area is 125 Å². The summed E-state index contributed by atoms with van der Waals surface area (Å²) < 4.78 is 0. The number of rotatable bonds is 5. The van der Waals surface area contributed by atoms with E-state index in [0.29, 0.717) is 5.56 Å². The highest BCUT2D eigenvalue weighted by molar-refractivity contribution is 9.10. The monoisotopic (exact) mass is 329 g/mol. The fourth-order valence-corrected chi connectivity index (χ4v) is 2.58. The van der Waals surface area contributed by atoms with E-state index in [2.05, 4.69) is 26.0 Å². The van der Waals surface area contributed by atoms with Gasteiger partial charge in [-0.2, -0.15) is 0 Å². The lowest BCUT2D eigenvalue weighted by atomic mass is 9.98. The van der Waals surface area contributed by atoms with Gasteiger partial charge in [0.25, 0.3) is 0 Å². The van der Waals surface area contributed by atoms with Gasteiger partial charge in [0.05, 0.1) is 10.9 Å². The van der Waals surface area contributed by atoms with E-state index < -0.39 is 10.9 Å². The van der Waals surface area contributed by atoms with Crippen molar-refractivity contribution < 1.29 is 4.79 Å². The van der Waals surface area contributed by atoms with Crippen LogP contribution < -0.4 is 0 Å². The minimum absolute atomic E-state index is 0.105. The van der Waals surface area contributed by atoms with Crippen molar-refractivity contribution in [2.75, 3.05) is 0 Å². The predicted molar refractivity (Wildman–Crippen MR) is 81.8 cm³/mol. The van der Waals surface area contributed by atoms with Gasteiger partial charge in [-0.3, -0.25) is 4.79 Å². The second-order valence-electron chi connectivity index (χ2n) is 4.19. The van der Waals surface area contributed by atoms with Gasteiger partial charge >= 0.3 is 0 Å². The molecule has 20 heavy (non-hydrogen) atoms. The van der Waals surface area contributed by atoms with Gasteiger partial charge in [-0.1, -0.05) is 81.7 Å². The average molecular weight is 330 g/mol. The maximum Gasteiger partial charge on any atom is 0.177 e. The van der Waals surface area contributed by atoms with Crippen LogP contribution >= 0.6 is 15.9 Å². The molecule has 4 nitrogen and oxygen atoms in total. The molecule has 0 heterocycles. The van der Waals surface area contributed by atoms with E-state index >= 15 is 0 Å². The van der Waals surface area contributed by atoms with Gasteiger partial charge in [0.2, 0.25) is 0 Å². The van der Waals surface area contributed by atoms with Crippen LogP contribution in [0.4, 0.5) is 0 Å². The molecule has 0 aromatic heterocycles. The Morgan fingerprint density at radius 2 is 1.60 bits per heavy atom. The Morgan fingerprint density at radius 1 is 1.05 bits per heavy atom. The van der Waals surface area contributed by atoms with Crippen LogP contribution in [0.2, 0.25) is 0 Å². The van der Waals surface area contributed by atoms with Crippen LogP contribution in [0, 0.1) is 0 Å². The third kappa shape index (κ3) is 3.26. The lowest BCUT2D eigenvalue weighted by molar-refractivity contribution is 0.0983. The van der Waals surface area contributed by atoms with Crippen LogP contribution in [0.15, 0.2) is 65.8 Å². The molecule has 2 atom stereocenters. The molecule has 0 aliphatic heterocycles. The first-order valence-electron chi connectivity index (χ1n) is 6.06. The van der Waals surface area contributed by atoms with E-state index in [0.717, 1.165) is 5.56 Å². The Hall–Kier alpha value is -2.10. The quantitative estimate of drug-likeness (QED) is 0.258. The summed E-state index contributed by atoms with van der Waals surface area (Å²) >= 11 is 3.37. The number of benzene rings is 2. The maximum atomic E-state index is 12.4. The van der Waals surface area contributed by atoms with Gasteiger partial charge in [0.1, 0.15) is 0 Å². The highest BCUT2D eigenvalue weighted by Gasteiger charge is 2.27. The molecule has 2 unspecified atom stereocenters. The molecule has 2 aromatic rings. The third-order valence-corrected chi connectivity index (χ3v) is 3.82. The molecular formula is C15H12BrN3O. The van der Waals surface area contributed by atoms with Gasteiger partial charge in [-0.25, -0.2) is 0 Å². The van der Waals surface area contributed by atoms with Gasteiger partial charge in [-0.05, 0) is 11.1 Å². The lowest BCUT2D eigenvalue weighted by Gasteiger charge is -2.17. The van der Waals surface area contributed by atoms with Crippen LogP contribution in [-0.4, -0.2) is 10.6 Å². The van der Waals surface area contributed by atoms with Crippen molar-refractivity contribution in [2.45, 2.75) is 10.9 Å². The van der Waals surface area contributed by atoms with Crippen LogP contribution in [0.3, 0.4) is 0 Å². The van der Waals surface area contributed by atoms with Gasteiger partial charge in [0.15, 0.2) is 5.78 Å². The van der Waals surface area contributed by atoms with Crippen LogP contribution in [-0.2, 0) is 0 Å². The summed E-state index contributed by atoms with van der Waals surface area (Å²) in [4.78, 5) is 14.7. The summed E-state index contributed by atoms with van der Waals surface area (Å²) in [6.45, 7) is 0. The standard InChI is InChI=1S/C15H12BrN3O/c16-13(15(20)12-9-5-2-6-10-12)14(18-19-17)11-7-3-1-4-8-11/h1-10,13-14H. The van der Waals surface area contributed by atoms with E-state index in [1.54, 1.807) is 24.3 Å². The smallest absolute Gasteiger partial charge is 0.177 e. The second kappa shape index (κ2) is 6.89. The first-order valence-corrected chi connectivity index (χ1v) is 6.98. The molecule has 0 aliphatic rings. The highest BCUT2D eigenvalue weighted by Crippen LogP contribution is 2.29. The molecule has 2 aromatic carbocycles. The zero-order valence-corrected chi connectivity index (χ0v) is 12.1.